The van der Waals surface area contributed by atoms with E-state index in [-0.39, 0.29) is 5.60 Å². The van der Waals surface area contributed by atoms with Crippen molar-refractivity contribution < 1.29 is 19.7 Å². The summed E-state index contributed by atoms with van der Waals surface area (Å²) < 4.78 is 6.48. The van der Waals surface area contributed by atoms with E-state index in [1.165, 1.54) is 23.1 Å². The van der Waals surface area contributed by atoms with E-state index >= 15 is 0 Å². The van der Waals surface area contributed by atoms with E-state index in [2.05, 4.69) is 59.8 Å². The van der Waals surface area contributed by atoms with Crippen LogP contribution in [-0.2, 0) is 11.2 Å². The summed E-state index contributed by atoms with van der Waals surface area (Å²) in [5.74, 6) is 0.298. The topological polar surface area (TPSA) is 69.6 Å². The number of benzene rings is 1. The number of allylic oxidation sites excluding steroid dienone is 6. The molecule has 34 heavy (non-hydrogen) atoms. The van der Waals surface area contributed by atoms with Gasteiger partial charge in [0, 0.05) is 5.97 Å². The SMILES string of the molecule is CC(=O)[O-].CC(C)=CCC/C(C)=C/CC/C(C)=C/CC[C@]1(C)CCc2cc(O)c(C)c(C)c2O1. The zero-order valence-electron chi connectivity index (χ0n) is 22.6. The van der Waals surface area contributed by atoms with Gasteiger partial charge >= 0.3 is 0 Å². The van der Waals surface area contributed by atoms with Crippen molar-refractivity contribution in [2.45, 2.75) is 112 Å². The maximum Gasteiger partial charge on any atom is 0.126 e. The third-order valence-electron chi connectivity index (χ3n) is 6.45. The molecule has 0 bridgehead atoms. The first-order chi connectivity index (χ1) is 15.8. The Kier molecular flexibility index (Phi) is 12.2. The number of carbonyl (C=O) groups excluding carboxylic acids is 1. The molecule has 0 unspecified atom stereocenters. The Labute approximate surface area is 207 Å². The first-order valence-corrected chi connectivity index (χ1v) is 12.5. The molecule has 1 aromatic rings. The van der Waals surface area contributed by atoms with Crippen LogP contribution in [0.3, 0.4) is 0 Å². The summed E-state index contributed by atoms with van der Waals surface area (Å²) in [5, 5.41) is 19.0. The second-order valence-corrected chi connectivity index (χ2v) is 10.2. The van der Waals surface area contributed by atoms with Crippen LogP contribution in [0.2, 0.25) is 0 Å². The summed E-state index contributed by atoms with van der Waals surface area (Å²) in [4.78, 5) is 8.89. The first kappa shape index (κ1) is 29.5. The van der Waals surface area contributed by atoms with Gasteiger partial charge in [0.1, 0.15) is 17.1 Å². The summed E-state index contributed by atoms with van der Waals surface area (Å²) in [7, 11) is 0. The molecule has 1 N–H and O–H groups in total. The molecule has 0 aromatic heterocycles. The molecule has 0 saturated carbocycles. The smallest absolute Gasteiger partial charge is 0.126 e. The number of phenolic OH excluding ortho intramolecular Hbond substituents is 1. The molecule has 1 atom stereocenters. The lowest BCUT2D eigenvalue weighted by molar-refractivity contribution is -0.302. The first-order valence-electron chi connectivity index (χ1n) is 12.5. The second kappa shape index (κ2) is 14.0. The maximum atomic E-state index is 10.1. The summed E-state index contributed by atoms with van der Waals surface area (Å²) >= 11 is 0. The lowest BCUT2D eigenvalue weighted by Crippen LogP contribution is -2.36. The van der Waals surface area contributed by atoms with E-state index in [0.29, 0.717) is 5.75 Å². The van der Waals surface area contributed by atoms with Gasteiger partial charge in [-0.05, 0) is 130 Å². The molecular formula is C30H45O4-. The Bertz CT molecular complexity index is 912. The molecular weight excluding hydrogens is 424 g/mol. The van der Waals surface area contributed by atoms with E-state index in [4.69, 9.17) is 14.6 Å². The molecule has 0 aliphatic carbocycles. The number of phenols is 1. The van der Waals surface area contributed by atoms with E-state index in [1.807, 2.05) is 13.0 Å². The van der Waals surface area contributed by atoms with E-state index in [1.54, 1.807) is 0 Å². The minimum Gasteiger partial charge on any atom is -0.550 e. The van der Waals surface area contributed by atoms with Crippen molar-refractivity contribution in [2.75, 3.05) is 0 Å². The van der Waals surface area contributed by atoms with Gasteiger partial charge in [-0.3, -0.25) is 0 Å². The van der Waals surface area contributed by atoms with Gasteiger partial charge in [0.2, 0.25) is 0 Å². The molecule has 0 fully saturated rings. The fourth-order valence-corrected chi connectivity index (χ4v) is 4.11. The number of carboxylic acids is 1. The molecule has 0 saturated heterocycles. The summed E-state index contributed by atoms with van der Waals surface area (Å²) in [6.07, 6.45) is 15.8. The number of hydrogen-bond donors (Lipinski definition) is 1. The maximum absolute atomic E-state index is 10.1. The van der Waals surface area contributed by atoms with Crippen molar-refractivity contribution in [3.05, 3.63) is 57.7 Å². The normalized spacial score (nSPS) is 17.8. The molecule has 1 aromatic carbocycles. The van der Waals surface area contributed by atoms with Crippen LogP contribution in [0.25, 0.3) is 0 Å². The zero-order valence-corrected chi connectivity index (χ0v) is 22.6. The van der Waals surface area contributed by atoms with Gasteiger partial charge < -0.3 is 19.7 Å². The van der Waals surface area contributed by atoms with Crippen molar-refractivity contribution in [2.24, 2.45) is 0 Å². The van der Waals surface area contributed by atoms with E-state index < -0.39 is 5.97 Å². The van der Waals surface area contributed by atoms with Gasteiger partial charge in [0.05, 0.1) is 0 Å². The minimum atomic E-state index is -1.08. The van der Waals surface area contributed by atoms with Crippen LogP contribution in [0.15, 0.2) is 41.0 Å². The highest BCUT2D eigenvalue weighted by Gasteiger charge is 2.32. The van der Waals surface area contributed by atoms with Crippen molar-refractivity contribution in [3.63, 3.8) is 0 Å². The number of rotatable bonds is 9. The fraction of sp³-hybridized carbons (Fsp3) is 0.567. The van der Waals surface area contributed by atoms with Crippen LogP contribution in [0.4, 0.5) is 0 Å². The third-order valence-corrected chi connectivity index (χ3v) is 6.45. The molecule has 1 heterocycles. The Hall–Kier alpha value is -2.49. The number of ether oxygens (including phenoxy) is 1. The predicted molar refractivity (Wildman–Crippen MR) is 140 cm³/mol. The van der Waals surface area contributed by atoms with E-state index in [0.717, 1.165) is 74.3 Å². The highest BCUT2D eigenvalue weighted by atomic mass is 16.5. The van der Waals surface area contributed by atoms with Crippen molar-refractivity contribution in [1.82, 2.24) is 0 Å². The highest BCUT2D eigenvalue weighted by molar-refractivity contribution is 5.60. The van der Waals surface area contributed by atoms with Crippen LogP contribution in [0.1, 0.15) is 103 Å². The standard InChI is InChI=1S/C28H42O2.C2H4O2/c1-20(2)11-8-12-21(3)13-9-14-22(4)15-10-17-28(7)18-16-25-19-26(29)23(5)24(6)27(25)30-28;1-2(3)4/h11,13,15,19,29H,8-10,12,14,16-18H2,1-7H3;1H3,(H,3,4)/p-1/b21-13+,22-15+;/t28-;/m1./s1. The molecule has 4 heteroatoms. The fourth-order valence-electron chi connectivity index (χ4n) is 4.11. The summed E-state index contributed by atoms with van der Waals surface area (Å²) in [6, 6.07) is 1.89. The molecule has 0 radical (unpaired) electrons. The number of carboxylic acid groups (broad SMARTS) is 1. The van der Waals surface area contributed by atoms with Gasteiger partial charge in [0.25, 0.3) is 0 Å². The van der Waals surface area contributed by atoms with Gasteiger partial charge in [-0.15, -0.1) is 0 Å². The number of hydrogen-bond acceptors (Lipinski definition) is 4. The van der Waals surface area contributed by atoms with E-state index in [9.17, 15) is 5.11 Å². The molecule has 1 aliphatic heterocycles. The molecule has 1 aliphatic rings. The quantitative estimate of drug-likeness (QED) is 0.393. The Balaban J connectivity index is 0.00000133. The lowest BCUT2D eigenvalue weighted by atomic mass is 9.87. The van der Waals surface area contributed by atoms with Crippen molar-refractivity contribution in [3.8, 4) is 11.5 Å². The molecule has 0 spiro atoms. The number of aliphatic carboxylic acids is 1. The molecule has 0 amide bonds. The van der Waals surface area contributed by atoms with Gasteiger partial charge in [-0.25, -0.2) is 0 Å². The second-order valence-electron chi connectivity index (χ2n) is 10.2. The largest absolute Gasteiger partial charge is 0.550 e. The highest BCUT2D eigenvalue weighted by Crippen LogP contribution is 2.41. The Morgan fingerprint density at radius 3 is 2.09 bits per heavy atom. The monoisotopic (exact) mass is 469 g/mol. The predicted octanol–water partition coefficient (Wildman–Crippen LogP) is 7.05. The number of aromatic hydroxyl groups is 1. The molecule has 2 rings (SSSR count). The number of carbonyl (C=O) groups is 1. The minimum absolute atomic E-state index is 0.126. The van der Waals surface area contributed by atoms with Crippen LogP contribution in [-0.4, -0.2) is 16.7 Å². The Morgan fingerprint density at radius 2 is 1.53 bits per heavy atom. The van der Waals surface area contributed by atoms with Crippen LogP contribution in [0, 0.1) is 13.8 Å². The Morgan fingerprint density at radius 1 is 1.00 bits per heavy atom. The van der Waals surface area contributed by atoms with Gasteiger partial charge in [-0.2, -0.15) is 0 Å². The van der Waals surface area contributed by atoms with Crippen LogP contribution in [0.5, 0.6) is 11.5 Å². The van der Waals surface area contributed by atoms with Crippen molar-refractivity contribution >= 4 is 5.97 Å². The molecule has 190 valence electrons. The van der Waals surface area contributed by atoms with Gasteiger partial charge in [-0.1, -0.05) is 34.9 Å². The average molecular weight is 470 g/mol. The summed E-state index contributed by atoms with van der Waals surface area (Å²) in [5.41, 5.74) is 7.40. The lowest BCUT2D eigenvalue weighted by Gasteiger charge is -2.37. The third kappa shape index (κ3) is 10.6. The number of fused-ring (bicyclic) bond motifs is 1. The zero-order chi connectivity index (χ0) is 25.9. The average Bonchev–Trinajstić information content (AvgIpc) is 2.72. The molecule has 4 nitrogen and oxygen atoms in total. The van der Waals surface area contributed by atoms with Crippen LogP contribution >= 0.6 is 0 Å². The number of aryl methyl sites for hydroxylation is 1. The summed E-state index contributed by atoms with van der Waals surface area (Å²) in [6.45, 7) is 16.1. The van der Waals surface area contributed by atoms with Crippen molar-refractivity contribution in [1.29, 1.82) is 0 Å². The van der Waals surface area contributed by atoms with Crippen LogP contribution < -0.4 is 9.84 Å². The van der Waals surface area contributed by atoms with Gasteiger partial charge in [0.15, 0.2) is 0 Å².